The molecule has 0 spiro atoms. The van der Waals surface area contributed by atoms with Gasteiger partial charge >= 0.3 is 0 Å². The van der Waals surface area contributed by atoms with Gasteiger partial charge in [-0.1, -0.05) is 0 Å². The van der Waals surface area contributed by atoms with Crippen molar-refractivity contribution in [1.29, 1.82) is 5.26 Å². The number of rotatable bonds is 3. The summed E-state index contributed by atoms with van der Waals surface area (Å²) >= 11 is 3.32. The molecular weight excluding hydrogens is 308 g/mol. The average Bonchev–Trinajstić information content (AvgIpc) is 3.15. The van der Waals surface area contributed by atoms with Crippen LogP contribution in [-0.2, 0) is 0 Å². The van der Waals surface area contributed by atoms with Crippen LogP contribution in [0.25, 0.3) is 5.82 Å². The van der Waals surface area contributed by atoms with Crippen molar-refractivity contribution in [2.45, 2.75) is 18.9 Å². The quantitative estimate of drug-likeness (QED) is 0.903. The standard InChI is InChI=1S/C12H11BrN6/c13-7-1-4-10(16-6-7)19-11(15)9(5-14)12(18-19)17-8-2-3-8/h1,4,6,8H,2-3,15H2,(H,17,18). The summed E-state index contributed by atoms with van der Waals surface area (Å²) in [5.41, 5.74) is 6.34. The fraction of sp³-hybridized carbons (Fsp3) is 0.250. The Kier molecular flexibility index (Phi) is 2.87. The Hall–Kier alpha value is -2.07. The second kappa shape index (κ2) is 4.55. The highest BCUT2D eigenvalue weighted by molar-refractivity contribution is 9.10. The molecule has 7 heteroatoms. The Morgan fingerprint density at radius 3 is 2.84 bits per heavy atom. The summed E-state index contributed by atoms with van der Waals surface area (Å²) in [5, 5.41) is 16.7. The molecule has 6 nitrogen and oxygen atoms in total. The summed E-state index contributed by atoms with van der Waals surface area (Å²) in [5.74, 6) is 1.42. The summed E-state index contributed by atoms with van der Waals surface area (Å²) < 4.78 is 2.36. The molecule has 1 saturated carbocycles. The molecule has 0 saturated heterocycles. The van der Waals surface area contributed by atoms with E-state index in [1.54, 1.807) is 12.3 Å². The highest BCUT2D eigenvalue weighted by atomic mass is 79.9. The maximum absolute atomic E-state index is 9.19. The van der Waals surface area contributed by atoms with Gasteiger partial charge in [0.05, 0.1) is 0 Å². The monoisotopic (exact) mass is 318 g/mol. The molecule has 0 atom stereocenters. The lowest BCUT2D eigenvalue weighted by molar-refractivity contribution is 0.854. The van der Waals surface area contributed by atoms with Crippen molar-refractivity contribution < 1.29 is 0 Å². The molecule has 0 radical (unpaired) electrons. The number of pyridine rings is 1. The van der Waals surface area contributed by atoms with E-state index in [9.17, 15) is 5.26 Å². The van der Waals surface area contributed by atoms with Gasteiger partial charge in [0.2, 0.25) is 0 Å². The maximum atomic E-state index is 9.19. The molecule has 1 aliphatic carbocycles. The molecule has 3 rings (SSSR count). The highest BCUT2D eigenvalue weighted by Crippen LogP contribution is 2.29. The Morgan fingerprint density at radius 2 is 2.26 bits per heavy atom. The van der Waals surface area contributed by atoms with Crippen LogP contribution < -0.4 is 11.1 Å². The number of nitrogens with two attached hydrogens (primary N) is 1. The van der Waals surface area contributed by atoms with Crippen molar-refractivity contribution >= 4 is 27.6 Å². The molecule has 1 aliphatic rings. The molecule has 0 aliphatic heterocycles. The van der Waals surface area contributed by atoms with Crippen molar-refractivity contribution in [3.8, 4) is 11.9 Å². The lowest BCUT2D eigenvalue weighted by atomic mass is 10.3. The number of halogens is 1. The molecule has 96 valence electrons. The summed E-state index contributed by atoms with van der Waals surface area (Å²) in [6.45, 7) is 0. The highest BCUT2D eigenvalue weighted by Gasteiger charge is 2.25. The van der Waals surface area contributed by atoms with E-state index < -0.39 is 0 Å². The predicted molar refractivity (Wildman–Crippen MR) is 74.8 cm³/mol. The molecule has 3 N–H and O–H groups in total. The Labute approximate surface area is 118 Å². The lowest BCUT2D eigenvalue weighted by Gasteiger charge is -2.02. The van der Waals surface area contributed by atoms with Crippen LogP contribution in [0.1, 0.15) is 18.4 Å². The smallest absolute Gasteiger partial charge is 0.169 e. The third-order valence-electron chi connectivity index (χ3n) is 2.88. The van der Waals surface area contributed by atoms with E-state index in [2.05, 4.69) is 37.4 Å². The van der Waals surface area contributed by atoms with E-state index in [0.29, 0.717) is 29.1 Å². The zero-order valence-corrected chi connectivity index (χ0v) is 11.6. The topological polar surface area (TPSA) is 92.5 Å². The largest absolute Gasteiger partial charge is 0.382 e. The molecule has 1 fully saturated rings. The summed E-state index contributed by atoms with van der Waals surface area (Å²) in [7, 11) is 0. The Bertz CT molecular complexity index is 650. The minimum Gasteiger partial charge on any atom is -0.382 e. The van der Waals surface area contributed by atoms with Gasteiger partial charge in [-0.25, -0.2) is 4.98 Å². The summed E-state index contributed by atoms with van der Waals surface area (Å²) in [6, 6.07) is 6.14. The Morgan fingerprint density at radius 1 is 1.47 bits per heavy atom. The van der Waals surface area contributed by atoms with Crippen LogP contribution in [0.3, 0.4) is 0 Å². The third-order valence-corrected chi connectivity index (χ3v) is 3.35. The zero-order valence-electron chi connectivity index (χ0n) is 9.97. The van der Waals surface area contributed by atoms with Crippen LogP contribution >= 0.6 is 15.9 Å². The number of hydrogen-bond acceptors (Lipinski definition) is 5. The van der Waals surface area contributed by atoms with Crippen LogP contribution in [0, 0.1) is 11.3 Å². The molecule has 2 heterocycles. The molecule has 0 aromatic carbocycles. The van der Waals surface area contributed by atoms with E-state index in [1.807, 2.05) is 6.07 Å². The summed E-state index contributed by atoms with van der Waals surface area (Å²) in [6.07, 6.45) is 3.87. The number of nitriles is 1. The predicted octanol–water partition coefficient (Wildman–Crippen LogP) is 2.06. The van der Waals surface area contributed by atoms with Gasteiger partial charge in [0.15, 0.2) is 11.6 Å². The summed E-state index contributed by atoms with van der Waals surface area (Å²) in [4.78, 5) is 4.23. The number of nitrogens with one attached hydrogen (secondary N) is 1. The van der Waals surface area contributed by atoms with Crippen LogP contribution in [0.4, 0.5) is 11.6 Å². The second-order valence-electron chi connectivity index (χ2n) is 4.39. The Balaban J connectivity index is 2.03. The molecule has 2 aromatic rings. The van der Waals surface area contributed by atoms with E-state index in [-0.39, 0.29) is 0 Å². The van der Waals surface area contributed by atoms with Gasteiger partial charge in [-0.05, 0) is 40.9 Å². The number of nitrogens with zero attached hydrogens (tertiary/aromatic N) is 4. The SMILES string of the molecule is N#Cc1c(NC2CC2)nn(-c2ccc(Br)cn2)c1N. The molecule has 0 bridgehead atoms. The second-order valence-corrected chi connectivity index (χ2v) is 5.30. The number of anilines is 2. The van der Waals surface area contributed by atoms with Crippen LogP contribution in [0.5, 0.6) is 0 Å². The fourth-order valence-electron chi connectivity index (χ4n) is 1.73. The first-order chi connectivity index (χ1) is 9.19. The van der Waals surface area contributed by atoms with E-state index in [0.717, 1.165) is 17.3 Å². The van der Waals surface area contributed by atoms with Gasteiger partial charge in [-0.3, -0.25) is 0 Å². The molecule has 2 aromatic heterocycles. The van der Waals surface area contributed by atoms with Crippen LogP contribution in [-0.4, -0.2) is 20.8 Å². The van der Waals surface area contributed by atoms with Gasteiger partial charge in [-0.15, -0.1) is 5.10 Å². The van der Waals surface area contributed by atoms with Gasteiger partial charge < -0.3 is 11.1 Å². The maximum Gasteiger partial charge on any atom is 0.169 e. The first kappa shape index (κ1) is 12.0. The minimum atomic E-state index is 0.306. The van der Waals surface area contributed by atoms with E-state index >= 15 is 0 Å². The van der Waals surface area contributed by atoms with Gasteiger partial charge in [0, 0.05) is 16.7 Å². The average molecular weight is 319 g/mol. The normalized spacial score (nSPS) is 14.1. The van der Waals surface area contributed by atoms with Crippen molar-refractivity contribution in [2.75, 3.05) is 11.1 Å². The van der Waals surface area contributed by atoms with Gasteiger partial charge in [-0.2, -0.15) is 9.94 Å². The number of aromatic nitrogens is 3. The van der Waals surface area contributed by atoms with Crippen LogP contribution in [0.15, 0.2) is 22.8 Å². The van der Waals surface area contributed by atoms with Crippen molar-refractivity contribution in [3.63, 3.8) is 0 Å². The van der Waals surface area contributed by atoms with Crippen molar-refractivity contribution in [2.24, 2.45) is 0 Å². The zero-order chi connectivity index (χ0) is 13.4. The lowest BCUT2D eigenvalue weighted by Crippen LogP contribution is -2.05. The van der Waals surface area contributed by atoms with Gasteiger partial charge in [0.1, 0.15) is 17.5 Å². The first-order valence-electron chi connectivity index (χ1n) is 5.86. The first-order valence-corrected chi connectivity index (χ1v) is 6.65. The molecule has 0 unspecified atom stereocenters. The molecule has 0 amide bonds. The van der Waals surface area contributed by atoms with Crippen LogP contribution in [0.2, 0.25) is 0 Å². The molecule has 19 heavy (non-hydrogen) atoms. The minimum absolute atomic E-state index is 0.306. The van der Waals surface area contributed by atoms with Crippen molar-refractivity contribution in [3.05, 3.63) is 28.4 Å². The van der Waals surface area contributed by atoms with Crippen molar-refractivity contribution in [1.82, 2.24) is 14.8 Å². The van der Waals surface area contributed by atoms with Gasteiger partial charge in [0.25, 0.3) is 0 Å². The fourth-order valence-corrected chi connectivity index (χ4v) is 1.97. The third kappa shape index (κ3) is 2.27. The number of hydrogen-bond donors (Lipinski definition) is 2. The number of nitrogen functional groups attached to an aromatic ring is 1. The molecular formula is C12H11BrN6. The van der Waals surface area contributed by atoms with E-state index in [4.69, 9.17) is 5.73 Å². The van der Waals surface area contributed by atoms with E-state index in [1.165, 1.54) is 4.68 Å².